The molecule has 0 spiro atoms. The summed E-state index contributed by atoms with van der Waals surface area (Å²) in [7, 11) is 1.94. The van der Waals surface area contributed by atoms with Gasteiger partial charge in [-0.1, -0.05) is 20.8 Å². The number of hydrogen-bond donors (Lipinski definition) is 1. The van der Waals surface area contributed by atoms with Gasteiger partial charge in [0.25, 0.3) is 0 Å². The molecule has 0 bridgehead atoms. The minimum atomic E-state index is -0.285. The zero-order valence-electron chi connectivity index (χ0n) is 17.6. The summed E-state index contributed by atoms with van der Waals surface area (Å²) in [6.45, 7) is 8.56. The van der Waals surface area contributed by atoms with Crippen LogP contribution < -0.4 is 5.32 Å². The highest BCUT2D eigenvalue weighted by Gasteiger charge is 2.21. The number of likely N-dealkylation sites (N-methyl/N-ethyl adjacent to an activating group) is 1. The topological polar surface area (TPSA) is 79.6 Å². The van der Waals surface area contributed by atoms with Crippen LogP contribution in [-0.4, -0.2) is 58.4 Å². The van der Waals surface area contributed by atoms with Gasteiger partial charge in [-0.3, -0.25) is 14.5 Å². The molecule has 2 aromatic heterocycles. The Hall–Kier alpha value is -3.13. The standard InChI is InChI=1S/C17H16FN3O.C5H10N2O/c1-17(2,3)14-8-15(11-4-6-12(18)7-5-11)20-21-9-13(10-22)19-16(14)21;1-7-3-2-6-5(8)4-7/h4-10H,1-3H3;2-4H2,1H3,(H,6,8). The molecule has 3 heterocycles. The first-order valence-corrected chi connectivity index (χ1v) is 9.74. The molecule has 1 amide bonds. The van der Waals surface area contributed by atoms with E-state index in [4.69, 9.17) is 0 Å². The van der Waals surface area contributed by atoms with Gasteiger partial charge in [-0.25, -0.2) is 13.9 Å². The van der Waals surface area contributed by atoms with E-state index < -0.39 is 0 Å². The molecule has 1 N–H and O–H groups in total. The minimum Gasteiger partial charge on any atom is -0.354 e. The van der Waals surface area contributed by atoms with E-state index in [-0.39, 0.29) is 17.1 Å². The maximum absolute atomic E-state index is 13.1. The second-order valence-corrected chi connectivity index (χ2v) is 8.34. The summed E-state index contributed by atoms with van der Waals surface area (Å²) < 4.78 is 14.7. The summed E-state index contributed by atoms with van der Waals surface area (Å²) in [5.74, 6) is -0.148. The van der Waals surface area contributed by atoms with Crippen LogP contribution in [0, 0.1) is 5.82 Å². The second kappa shape index (κ2) is 8.71. The number of hydrogen-bond acceptors (Lipinski definition) is 5. The normalized spacial score (nSPS) is 14.8. The zero-order valence-corrected chi connectivity index (χ0v) is 17.6. The van der Waals surface area contributed by atoms with Crippen LogP contribution in [0.25, 0.3) is 16.9 Å². The molecule has 0 unspecified atom stereocenters. The van der Waals surface area contributed by atoms with Crippen LogP contribution in [0.4, 0.5) is 4.39 Å². The van der Waals surface area contributed by atoms with Crippen molar-refractivity contribution in [1.29, 1.82) is 0 Å². The van der Waals surface area contributed by atoms with Crippen LogP contribution in [-0.2, 0) is 10.2 Å². The number of halogens is 1. The molecule has 1 aliphatic rings. The molecule has 1 fully saturated rings. The molecule has 0 aliphatic carbocycles. The number of nitrogens with one attached hydrogen (secondary N) is 1. The number of fused-ring (bicyclic) bond motifs is 1. The van der Waals surface area contributed by atoms with Crippen molar-refractivity contribution in [2.75, 3.05) is 26.7 Å². The lowest BCUT2D eigenvalue weighted by atomic mass is 9.87. The fraction of sp³-hybridized carbons (Fsp3) is 0.364. The fourth-order valence-corrected chi connectivity index (χ4v) is 3.13. The minimum absolute atomic E-state index is 0.138. The first kappa shape index (κ1) is 21.6. The third-order valence-electron chi connectivity index (χ3n) is 4.74. The van der Waals surface area contributed by atoms with Gasteiger partial charge >= 0.3 is 0 Å². The maximum Gasteiger partial charge on any atom is 0.234 e. The Morgan fingerprint density at radius 2 is 1.90 bits per heavy atom. The Morgan fingerprint density at radius 3 is 2.43 bits per heavy atom. The maximum atomic E-state index is 13.1. The first-order chi connectivity index (χ1) is 14.2. The Bertz CT molecular complexity index is 1050. The van der Waals surface area contributed by atoms with Gasteiger partial charge in [-0.15, -0.1) is 0 Å². The number of rotatable bonds is 2. The highest BCUT2D eigenvalue weighted by atomic mass is 19.1. The van der Waals surface area contributed by atoms with E-state index in [1.807, 2.05) is 18.0 Å². The smallest absolute Gasteiger partial charge is 0.234 e. The van der Waals surface area contributed by atoms with E-state index in [0.717, 1.165) is 24.2 Å². The summed E-state index contributed by atoms with van der Waals surface area (Å²) in [6.07, 6.45) is 2.31. The van der Waals surface area contributed by atoms with Crippen LogP contribution in [0.2, 0.25) is 0 Å². The number of imidazole rings is 1. The van der Waals surface area contributed by atoms with E-state index in [1.165, 1.54) is 12.1 Å². The van der Waals surface area contributed by atoms with Crippen molar-refractivity contribution >= 4 is 17.8 Å². The number of aldehydes is 1. The first-order valence-electron chi connectivity index (χ1n) is 9.74. The fourth-order valence-electron chi connectivity index (χ4n) is 3.13. The average molecular weight is 411 g/mol. The van der Waals surface area contributed by atoms with Crippen molar-refractivity contribution in [1.82, 2.24) is 24.8 Å². The van der Waals surface area contributed by atoms with E-state index in [9.17, 15) is 14.0 Å². The van der Waals surface area contributed by atoms with Crippen LogP contribution in [0.5, 0.6) is 0 Å². The van der Waals surface area contributed by atoms with Crippen LogP contribution in [0.1, 0.15) is 36.8 Å². The lowest BCUT2D eigenvalue weighted by Gasteiger charge is -2.21. The van der Waals surface area contributed by atoms with E-state index >= 15 is 0 Å². The number of aromatic nitrogens is 3. The van der Waals surface area contributed by atoms with Crippen molar-refractivity contribution in [3.63, 3.8) is 0 Å². The van der Waals surface area contributed by atoms with Crippen molar-refractivity contribution in [2.24, 2.45) is 0 Å². The summed E-state index contributed by atoms with van der Waals surface area (Å²) in [4.78, 5) is 27.8. The van der Waals surface area contributed by atoms with Gasteiger partial charge in [0.1, 0.15) is 11.5 Å². The molecule has 1 aromatic carbocycles. The molecule has 0 saturated carbocycles. The monoisotopic (exact) mass is 411 g/mol. The highest BCUT2D eigenvalue weighted by molar-refractivity contribution is 5.78. The highest BCUT2D eigenvalue weighted by Crippen LogP contribution is 2.29. The van der Waals surface area contributed by atoms with Crippen LogP contribution in [0.3, 0.4) is 0 Å². The molecular formula is C22H26FN5O2. The number of carbonyl (C=O) groups is 2. The quantitative estimate of drug-likeness (QED) is 0.656. The van der Waals surface area contributed by atoms with Gasteiger partial charge in [0.15, 0.2) is 11.9 Å². The number of carbonyl (C=O) groups excluding carboxylic acids is 2. The Balaban J connectivity index is 0.000000269. The van der Waals surface area contributed by atoms with E-state index in [2.05, 4.69) is 36.2 Å². The molecule has 3 aromatic rings. The summed E-state index contributed by atoms with van der Waals surface area (Å²) in [6, 6.07) is 8.14. The zero-order chi connectivity index (χ0) is 21.9. The number of nitrogens with zero attached hydrogens (tertiary/aromatic N) is 4. The molecule has 0 atom stereocenters. The SMILES string of the molecule is CC(C)(C)c1cc(-c2ccc(F)cc2)nn2cc(C=O)nc12.CN1CCNC(=O)C1. The van der Waals surface area contributed by atoms with Gasteiger partial charge in [-0.05, 0) is 42.8 Å². The summed E-state index contributed by atoms with van der Waals surface area (Å²) >= 11 is 0. The Morgan fingerprint density at radius 1 is 1.20 bits per heavy atom. The molecule has 158 valence electrons. The van der Waals surface area contributed by atoms with Crippen molar-refractivity contribution in [3.05, 3.63) is 53.6 Å². The van der Waals surface area contributed by atoms with Gasteiger partial charge < -0.3 is 5.32 Å². The third-order valence-corrected chi connectivity index (χ3v) is 4.74. The molecular weight excluding hydrogens is 385 g/mol. The van der Waals surface area contributed by atoms with Crippen molar-refractivity contribution in [3.8, 4) is 11.3 Å². The molecule has 4 rings (SSSR count). The van der Waals surface area contributed by atoms with Gasteiger partial charge in [-0.2, -0.15) is 5.10 Å². The van der Waals surface area contributed by atoms with Gasteiger partial charge in [0.05, 0.1) is 18.4 Å². The molecule has 1 saturated heterocycles. The van der Waals surface area contributed by atoms with Crippen molar-refractivity contribution < 1.29 is 14.0 Å². The second-order valence-electron chi connectivity index (χ2n) is 8.34. The lowest BCUT2D eigenvalue weighted by Crippen LogP contribution is -2.45. The van der Waals surface area contributed by atoms with Gasteiger partial charge in [0.2, 0.25) is 5.91 Å². The predicted molar refractivity (Wildman–Crippen MR) is 113 cm³/mol. The largest absolute Gasteiger partial charge is 0.354 e. The molecule has 30 heavy (non-hydrogen) atoms. The van der Waals surface area contributed by atoms with E-state index in [1.54, 1.807) is 22.8 Å². The Kier molecular flexibility index (Phi) is 6.26. The van der Waals surface area contributed by atoms with Gasteiger partial charge in [0, 0.05) is 24.2 Å². The summed E-state index contributed by atoms with van der Waals surface area (Å²) in [5, 5.41) is 7.22. The van der Waals surface area contributed by atoms with E-state index in [0.29, 0.717) is 29.9 Å². The number of piperazine rings is 1. The van der Waals surface area contributed by atoms with Crippen LogP contribution in [0.15, 0.2) is 36.5 Å². The molecule has 1 aliphatic heterocycles. The number of amides is 1. The lowest BCUT2D eigenvalue weighted by molar-refractivity contribution is -0.123. The molecule has 8 heteroatoms. The van der Waals surface area contributed by atoms with Crippen molar-refractivity contribution in [2.45, 2.75) is 26.2 Å². The molecule has 0 radical (unpaired) electrons. The summed E-state index contributed by atoms with van der Waals surface area (Å²) in [5.41, 5.74) is 3.36. The average Bonchev–Trinajstić information content (AvgIpc) is 3.10. The third kappa shape index (κ3) is 5.07. The Labute approximate surface area is 174 Å². The molecule has 7 nitrogen and oxygen atoms in total. The number of benzene rings is 1. The predicted octanol–water partition coefficient (Wildman–Crippen LogP) is 2.69. The van der Waals surface area contributed by atoms with Crippen LogP contribution >= 0.6 is 0 Å².